The molecular formula is C18H29ClIN5O. The Balaban J connectivity index is 0.00000338. The molecule has 1 heterocycles. The summed E-state index contributed by atoms with van der Waals surface area (Å²) < 4.78 is 0. The number of amides is 1. The zero-order valence-electron chi connectivity index (χ0n) is 15.5. The SMILES string of the molecule is CCN(CC)C(=O)CCN=C(N)N1CCN(c2ccc(Cl)cc2)CC1.I. The van der Waals surface area contributed by atoms with Gasteiger partial charge in [0.2, 0.25) is 5.91 Å². The first-order valence-corrected chi connectivity index (χ1v) is 9.26. The van der Waals surface area contributed by atoms with Crippen LogP contribution in [0, 0.1) is 0 Å². The van der Waals surface area contributed by atoms with Gasteiger partial charge in [0.25, 0.3) is 0 Å². The molecule has 0 unspecified atom stereocenters. The number of anilines is 1. The summed E-state index contributed by atoms with van der Waals surface area (Å²) >= 11 is 5.94. The van der Waals surface area contributed by atoms with Gasteiger partial charge in [-0.05, 0) is 38.1 Å². The smallest absolute Gasteiger partial charge is 0.224 e. The Morgan fingerprint density at radius 2 is 1.73 bits per heavy atom. The molecule has 2 rings (SSSR count). The topological polar surface area (TPSA) is 65.2 Å². The van der Waals surface area contributed by atoms with E-state index in [1.54, 1.807) is 0 Å². The van der Waals surface area contributed by atoms with E-state index in [2.05, 4.69) is 14.8 Å². The first-order valence-electron chi connectivity index (χ1n) is 8.88. The van der Waals surface area contributed by atoms with Crippen LogP contribution in [0.4, 0.5) is 5.69 Å². The van der Waals surface area contributed by atoms with Gasteiger partial charge >= 0.3 is 0 Å². The molecule has 8 heteroatoms. The lowest BCUT2D eigenvalue weighted by Crippen LogP contribution is -2.51. The highest BCUT2D eigenvalue weighted by molar-refractivity contribution is 14.0. The number of carbonyl (C=O) groups excluding carboxylic acids is 1. The Bertz CT molecular complexity index is 584. The summed E-state index contributed by atoms with van der Waals surface area (Å²) in [4.78, 5) is 22.6. The van der Waals surface area contributed by atoms with Crippen LogP contribution < -0.4 is 10.6 Å². The largest absolute Gasteiger partial charge is 0.370 e. The molecule has 6 nitrogen and oxygen atoms in total. The molecule has 0 radical (unpaired) electrons. The van der Waals surface area contributed by atoms with E-state index in [1.165, 1.54) is 5.69 Å². The Hall–Kier alpha value is -1.22. The number of guanidine groups is 1. The van der Waals surface area contributed by atoms with Crippen LogP contribution in [-0.4, -0.2) is 67.5 Å². The van der Waals surface area contributed by atoms with Crippen molar-refractivity contribution < 1.29 is 4.79 Å². The quantitative estimate of drug-likeness (QED) is 0.376. The molecular weight excluding hydrogens is 465 g/mol. The maximum Gasteiger partial charge on any atom is 0.224 e. The van der Waals surface area contributed by atoms with Gasteiger partial charge in [0, 0.05) is 56.4 Å². The predicted molar refractivity (Wildman–Crippen MR) is 120 cm³/mol. The zero-order chi connectivity index (χ0) is 18.2. The van der Waals surface area contributed by atoms with Gasteiger partial charge in [0.15, 0.2) is 5.96 Å². The lowest BCUT2D eigenvalue weighted by Gasteiger charge is -2.36. The average Bonchev–Trinajstić information content (AvgIpc) is 2.63. The monoisotopic (exact) mass is 493 g/mol. The van der Waals surface area contributed by atoms with Crippen molar-refractivity contribution >= 4 is 53.1 Å². The van der Waals surface area contributed by atoms with Gasteiger partial charge in [-0.1, -0.05) is 11.6 Å². The highest BCUT2D eigenvalue weighted by atomic mass is 127. The fourth-order valence-corrected chi connectivity index (χ4v) is 3.07. The summed E-state index contributed by atoms with van der Waals surface area (Å²) in [6.45, 7) is 9.30. The fraction of sp³-hybridized carbons (Fsp3) is 0.556. The number of hydrogen-bond donors (Lipinski definition) is 1. The van der Waals surface area contributed by atoms with Gasteiger partial charge in [-0.3, -0.25) is 9.79 Å². The second-order valence-corrected chi connectivity index (χ2v) is 6.44. The minimum Gasteiger partial charge on any atom is -0.370 e. The van der Waals surface area contributed by atoms with E-state index in [4.69, 9.17) is 17.3 Å². The van der Waals surface area contributed by atoms with Gasteiger partial charge in [-0.2, -0.15) is 0 Å². The number of piperazine rings is 1. The van der Waals surface area contributed by atoms with Gasteiger partial charge in [0.05, 0.1) is 6.54 Å². The van der Waals surface area contributed by atoms with Crippen LogP contribution in [0.5, 0.6) is 0 Å². The van der Waals surface area contributed by atoms with Crippen LogP contribution in [0.1, 0.15) is 20.3 Å². The van der Waals surface area contributed by atoms with Crippen molar-refractivity contribution in [2.24, 2.45) is 10.7 Å². The maximum absolute atomic E-state index is 12.0. The summed E-state index contributed by atoms with van der Waals surface area (Å²) in [5, 5.41) is 0.748. The molecule has 0 saturated carbocycles. The Kier molecular flexibility index (Phi) is 10.1. The van der Waals surface area contributed by atoms with E-state index in [0.717, 1.165) is 44.3 Å². The number of rotatable bonds is 6. The number of aliphatic imine (C=N–C) groups is 1. The number of benzene rings is 1. The molecule has 1 aromatic rings. The molecule has 1 amide bonds. The summed E-state index contributed by atoms with van der Waals surface area (Å²) in [6.07, 6.45) is 0.410. The number of nitrogens with zero attached hydrogens (tertiary/aromatic N) is 4. The molecule has 1 saturated heterocycles. The van der Waals surface area contributed by atoms with Gasteiger partial charge in [-0.15, -0.1) is 24.0 Å². The molecule has 0 atom stereocenters. The molecule has 26 heavy (non-hydrogen) atoms. The van der Waals surface area contributed by atoms with Crippen molar-refractivity contribution in [2.75, 3.05) is 50.7 Å². The first kappa shape index (κ1) is 22.8. The third-order valence-corrected chi connectivity index (χ3v) is 4.76. The van der Waals surface area contributed by atoms with Gasteiger partial charge in [-0.25, -0.2) is 0 Å². The summed E-state index contributed by atoms with van der Waals surface area (Å²) in [7, 11) is 0. The highest BCUT2D eigenvalue weighted by Gasteiger charge is 2.18. The van der Waals surface area contributed by atoms with Crippen molar-refractivity contribution in [3.63, 3.8) is 0 Å². The van der Waals surface area contributed by atoms with Crippen LogP contribution in [0.25, 0.3) is 0 Å². The molecule has 1 aromatic carbocycles. The third kappa shape index (κ3) is 6.50. The zero-order valence-corrected chi connectivity index (χ0v) is 18.6. The Labute approximate surface area is 178 Å². The average molecular weight is 494 g/mol. The third-order valence-electron chi connectivity index (χ3n) is 4.51. The van der Waals surface area contributed by atoms with E-state index in [1.807, 2.05) is 43.0 Å². The number of hydrogen-bond acceptors (Lipinski definition) is 3. The molecule has 2 N–H and O–H groups in total. The van der Waals surface area contributed by atoms with E-state index in [0.29, 0.717) is 18.9 Å². The molecule has 0 spiro atoms. The van der Waals surface area contributed by atoms with Crippen LogP contribution in [0.2, 0.25) is 5.02 Å². The van der Waals surface area contributed by atoms with E-state index < -0.39 is 0 Å². The molecule has 146 valence electrons. The van der Waals surface area contributed by atoms with E-state index in [-0.39, 0.29) is 29.9 Å². The van der Waals surface area contributed by atoms with Gasteiger partial charge < -0.3 is 20.4 Å². The van der Waals surface area contributed by atoms with Crippen LogP contribution in [0.3, 0.4) is 0 Å². The minimum atomic E-state index is 0. The van der Waals surface area contributed by atoms with Crippen molar-refractivity contribution in [1.82, 2.24) is 9.80 Å². The Morgan fingerprint density at radius 3 is 2.27 bits per heavy atom. The summed E-state index contributed by atoms with van der Waals surface area (Å²) in [6, 6.07) is 7.89. The molecule has 0 aliphatic carbocycles. The van der Waals surface area contributed by atoms with E-state index in [9.17, 15) is 4.79 Å². The predicted octanol–water partition coefficient (Wildman–Crippen LogP) is 2.65. The highest BCUT2D eigenvalue weighted by Crippen LogP contribution is 2.19. The van der Waals surface area contributed by atoms with Crippen molar-refractivity contribution in [3.8, 4) is 0 Å². The molecule has 1 aliphatic heterocycles. The van der Waals surface area contributed by atoms with Crippen LogP contribution in [0.15, 0.2) is 29.3 Å². The van der Waals surface area contributed by atoms with E-state index >= 15 is 0 Å². The maximum atomic E-state index is 12.0. The second kappa shape index (κ2) is 11.5. The molecule has 1 aliphatic rings. The van der Waals surface area contributed by atoms with Crippen LogP contribution >= 0.6 is 35.6 Å². The molecule has 0 bridgehead atoms. The normalized spacial score (nSPS) is 14.8. The van der Waals surface area contributed by atoms with Gasteiger partial charge in [0.1, 0.15) is 0 Å². The molecule has 0 aromatic heterocycles. The van der Waals surface area contributed by atoms with Crippen molar-refractivity contribution in [1.29, 1.82) is 0 Å². The fourth-order valence-electron chi connectivity index (χ4n) is 2.95. The summed E-state index contributed by atoms with van der Waals surface area (Å²) in [5.74, 6) is 0.664. The standard InChI is InChI=1S/C18H28ClN5O.HI/c1-3-22(4-2)17(25)9-10-21-18(20)24-13-11-23(12-14-24)16-7-5-15(19)6-8-16;/h5-8H,3-4,9-14H2,1-2H3,(H2,20,21);1H. The van der Waals surface area contributed by atoms with Crippen LogP contribution in [-0.2, 0) is 4.79 Å². The number of halogens is 2. The van der Waals surface area contributed by atoms with Crippen molar-refractivity contribution in [2.45, 2.75) is 20.3 Å². The lowest BCUT2D eigenvalue weighted by molar-refractivity contribution is -0.130. The first-order chi connectivity index (χ1) is 12.0. The molecule has 1 fully saturated rings. The minimum absolute atomic E-state index is 0. The Morgan fingerprint density at radius 1 is 1.15 bits per heavy atom. The number of carbonyl (C=O) groups is 1. The number of nitrogens with two attached hydrogens (primary N) is 1. The second-order valence-electron chi connectivity index (χ2n) is 6.01. The lowest BCUT2D eigenvalue weighted by atomic mass is 10.2. The summed E-state index contributed by atoms with van der Waals surface area (Å²) in [5.41, 5.74) is 7.27. The van der Waals surface area contributed by atoms with Crippen molar-refractivity contribution in [3.05, 3.63) is 29.3 Å².